The van der Waals surface area contributed by atoms with E-state index in [-0.39, 0.29) is 29.2 Å². The van der Waals surface area contributed by atoms with Crippen LogP contribution in [0, 0.1) is 0 Å². The minimum absolute atomic E-state index is 0.141. The first-order valence-electron chi connectivity index (χ1n) is 5.97. The zero-order valence-corrected chi connectivity index (χ0v) is 12.3. The molecule has 0 aliphatic carbocycles. The van der Waals surface area contributed by atoms with Gasteiger partial charge in [0.25, 0.3) is 0 Å². The van der Waals surface area contributed by atoms with Crippen LogP contribution in [0.25, 0.3) is 0 Å². The van der Waals surface area contributed by atoms with E-state index in [0.717, 1.165) is 6.07 Å². The number of carboxylic acid groups (broad SMARTS) is 1. The molecule has 0 fully saturated rings. The zero-order chi connectivity index (χ0) is 15.5. The summed E-state index contributed by atoms with van der Waals surface area (Å²) in [4.78, 5) is 10.9. The van der Waals surface area contributed by atoms with Crippen molar-refractivity contribution in [1.82, 2.24) is 4.31 Å². The number of carboxylic acids is 1. The monoisotopic (exact) mass is 298 g/mol. The van der Waals surface area contributed by atoms with Gasteiger partial charge < -0.3 is 10.8 Å². The lowest BCUT2D eigenvalue weighted by Crippen LogP contribution is -2.33. The lowest BCUT2D eigenvalue weighted by Gasteiger charge is -2.21. The number of carbonyl (C=O) groups is 1. The highest BCUT2D eigenvalue weighted by Crippen LogP contribution is 2.23. The Morgan fingerprint density at radius 3 is 2.50 bits per heavy atom. The Kier molecular flexibility index (Phi) is 4.91. The molecule has 20 heavy (non-hydrogen) atoms. The first kappa shape index (κ1) is 16.2. The molecule has 0 bridgehead atoms. The number of hydrogen-bond donors (Lipinski definition) is 2. The summed E-state index contributed by atoms with van der Waals surface area (Å²) in [6.45, 7) is 7.43. The van der Waals surface area contributed by atoms with Gasteiger partial charge in [0.05, 0.1) is 10.5 Å². The van der Waals surface area contributed by atoms with Crippen LogP contribution < -0.4 is 5.73 Å². The van der Waals surface area contributed by atoms with Crippen LogP contribution in [0.4, 0.5) is 5.69 Å². The fraction of sp³-hybridized carbons (Fsp3) is 0.308. The molecule has 1 rings (SSSR count). The van der Waals surface area contributed by atoms with Gasteiger partial charge in [-0.3, -0.25) is 0 Å². The summed E-state index contributed by atoms with van der Waals surface area (Å²) in [6.07, 6.45) is 0. The number of hydrogen-bond acceptors (Lipinski definition) is 4. The number of sulfonamides is 1. The first-order valence-corrected chi connectivity index (χ1v) is 7.41. The maximum absolute atomic E-state index is 12.5. The summed E-state index contributed by atoms with van der Waals surface area (Å²) in [5, 5.41) is 9.13. The molecule has 1 aromatic carbocycles. The Morgan fingerprint density at radius 1 is 1.45 bits per heavy atom. The van der Waals surface area contributed by atoms with Crippen LogP contribution in [-0.2, 0) is 10.0 Å². The Morgan fingerprint density at radius 2 is 2.05 bits per heavy atom. The molecule has 0 heterocycles. The fourth-order valence-electron chi connectivity index (χ4n) is 1.75. The summed E-state index contributed by atoms with van der Waals surface area (Å²) in [5.74, 6) is -1.33. The van der Waals surface area contributed by atoms with Gasteiger partial charge in [-0.05, 0) is 25.1 Å². The van der Waals surface area contributed by atoms with E-state index in [9.17, 15) is 13.2 Å². The average molecular weight is 298 g/mol. The number of rotatable bonds is 6. The summed E-state index contributed by atoms with van der Waals surface area (Å²) in [6, 6.07) is 3.73. The highest BCUT2D eigenvalue weighted by Gasteiger charge is 2.28. The van der Waals surface area contributed by atoms with Crippen LogP contribution >= 0.6 is 0 Å². The second-order valence-corrected chi connectivity index (χ2v) is 6.36. The van der Waals surface area contributed by atoms with Crippen molar-refractivity contribution in [3.63, 3.8) is 0 Å². The van der Waals surface area contributed by atoms with Crippen LogP contribution in [0.15, 0.2) is 35.2 Å². The van der Waals surface area contributed by atoms with Gasteiger partial charge in [-0.15, -0.1) is 0 Å². The Hall–Kier alpha value is -1.86. The van der Waals surface area contributed by atoms with Gasteiger partial charge in [0.2, 0.25) is 10.0 Å². The minimum Gasteiger partial charge on any atom is -0.478 e. The van der Waals surface area contributed by atoms with E-state index in [4.69, 9.17) is 10.8 Å². The Labute approximate surface area is 118 Å². The normalized spacial score (nSPS) is 11.6. The highest BCUT2D eigenvalue weighted by molar-refractivity contribution is 7.89. The maximum Gasteiger partial charge on any atom is 0.337 e. The Bertz CT molecular complexity index is 638. The first-order chi connectivity index (χ1) is 9.20. The van der Waals surface area contributed by atoms with Crippen molar-refractivity contribution >= 4 is 21.7 Å². The molecule has 0 aromatic heterocycles. The quantitative estimate of drug-likeness (QED) is 0.613. The second-order valence-electron chi connectivity index (χ2n) is 4.45. The molecule has 0 aliphatic heterocycles. The van der Waals surface area contributed by atoms with E-state index in [1.807, 2.05) is 0 Å². The van der Waals surface area contributed by atoms with Crippen molar-refractivity contribution < 1.29 is 18.3 Å². The van der Waals surface area contributed by atoms with Crippen LogP contribution in [0.1, 0.15) is 24.2 Å². The van der Waals surface area contributed by atoms with Crippen molar-refractivity contribution in [3.05, 3.63) is 35.9 Å². The molecule has 0 saturated carbocycles. The van der Waals surface area contributed by atoms with Crippen molar-refractivity contribution in [2.75, 3.05) is 18.8 Å². The third-order valence-electron chi connectivity index (χ3n) is 2.65. The predicted octanol–water partition coefficient (Wildman–Crippen LogP) is 1.55. The largest absolute Gasteiger partial charge is 0.478 e. The van der Waals surface area contributed by atoms with E-state index < -0.39 is 16.0 Å². The van der Waals surface area contributed by atoms with Crippen molar-refractivity contribution in [2.24, 2.45) is 0 Å². The highest BCUT2D eigenvalue weighted by atomic mass is 32.2. The van der Waals surface area contributed by atoms with Gasteiger partial charge in [-0.25, -0.2) is 13.2 Å². The standard InChI is InChI=1S/C13H18N2O4S/c1-4-15(8-9(2)3)20(18,19)12-6-5-10(14)7-11(12)13(16)17/h5-7H,2,4,8,14H2,1,3H3,(H,16,17). The molecule has 3 N–H and O–H groups in total. The number of benzene rings is 1. The minimum atomic E-state index is -3.90. The van der Waals surface area contributed by atoms with E-state index in [1.165, 1.54) is 16.4 Å². The van der Waals surface area contributed by atoms with Gasteiger partial charge in [0.15, 0.2) is 0 Å². The molecule has 0 aliphatic rings. The SMILES string of the molecule is C=C(C)CN(CC)S(=O)(=O)c1ccc(N)cc1C(=O)O. The number of anilines is 1. The van der Waals surface area contributed by atoms with E-state index >= 15 is 0 Å². The average Bonchev–Trinajstić information content (AvgIpc) is 2.34. The molecule has 0 amide bonds. The molecule has 6 nitrogen and oxygen atoms in total. The topological polar surface area (TPSA) is 101 Å². The molecule has 0 unspecified atom stereocenters. The molecule has 1 aromatic rings. The number of aromatic carboxylic acids is 1. The van der Waals surface area contributed by atoms with Crippen LogP contribution in [0.5, 0.6) is 0 Å². The van der Waals surface area contributed by atoms with Gasteiger partial charge in [0.1, 0.15) is 0 Å². The third-order valence-corrected chi connectivity index (χ3v) is 4.63. The summed E-state index contributed by atoms with van der Waals surface area (Å²) in [7, 11) is -3.90. The smallest absolute Gasteiger partial charge is 0.337 e. The Balaban J connectivity index is 3.41. The summed E-state index contributed by atoms with van der Waals surface area (Å²) >= 11 is 0. The van der Waals surface area contributed by atoms with Gasteiger partial charge >= 0.3 is 5.97 Å². The van der Waals surface area contributed by atoms with E-state index in [0.29, 0.717) is 5.57 Å². The van der Waals surface area contributed by atoms with E-state index in [1.54, 1.807) is 13.8 Å². The fourth-order valence-corrected chi connectivity index (χ4v) is 3.42. The van der Waals surface area contributed by atoms with Crippen LogP contribution in [0.3, 0.4) is 0 Å². The summed E-state index contributed by atoms with van der Waals surface area (Å²) < 4.78 is 26.2. The van der Waals surface area contributed by atoms with Gasteiger partial charge in [0, 0.05) is 18.8 Å². The number of likely N-dealkylation sites (N-methyl/N-ethyl adjacent to an activating group) is 1. The third kappa shape index (κ3) is 3.37. The molecule has 0 saturated heterocycles. The van der Waals surface area contributed by atoms with Gasteiger partial charge in [-0.1, -0.05) is 19.1 Å². The molecular formula is C13H18N2O4S. The molecule has 0 spiro atoms. The van der Waals surface area contributed by atoms with Crippen LogP contribution in [-0.4, -0.2) is 36.9 Å². The molecule has 7 heteroatoms. The van der Waals surface area contributed by atoms with Gasteiger partial charge in [-0.2, -0.15) is 4.31 Å². The van der Waals surface area contributed by atoms with Crippen LogP contribution in [0.2, 0.25) is 0 Å². The molecular weight excluding hydrogens is 280 g/mol. The molecule has 0 radical (unpaired) electrons. The van der Waals surface area contributed by atoms with Crippen molar-refractivity contribution in [2.45, 2.75) is 18.7 Å². The summed E-state index contributed by atoms with van der Waals surface area (Å²) in [5.41, 5.74) is 6.05. The number of nitrogens with zero attached hydrogens (tertiary/aromatic N) is 1. The maximum atomic E-state index is 12.5. The lowest BCUT2D eigenvalue weighted by molar-refractivity contribution is 0.0692. The molecule has 110 valence electrons. The van der Waals surface area contributed by atoms with Crippen molar-refractivity contribution in [3.8, 4) is 0 Å². The number of nitrogen functional groups attached to an aromatic ring is 1. The number of nitrogens with two attached hydrogens (primary N) is 1. The van der Waals surface area contributed by atoms with Crippen molar-refractivity contribution in [1.29, 1.82) is 0 Å². The molecule has 0 atom stereocenters. The lowest BCUT2D eigenvalue weighted by atomic mass is 10.2. The van der Waals surface area contributed by atoms with E-state index in [2.05, 4.69) is 6.58 Å². The zero-order valence-electron chi connectivity index (χ0n) is 11.5. The predicted molar refractivity (Wildman–Crippen MR) is 77.1 cm³/mol. The second kappa shape index (κ2) is 6.06.